The highest BCUT2D eigenvalue weighted by atomic mass is 31.2. The molecule has 0 rings (SSSR count). The standard InChI is InChI=1S/C13H29O4P/c1-4-7-10-15-13(16-11-8-5-2)18(14)17-12-9-6-3/h13-14H,4-12H2,1-3H3. The second kappa shape index (κ2) is 13.7. The lowest BCUT2D eigenvalue weighted by atomic mass is 10.4. The molecule has 0 saturated heterocycles. The Labute approximate surface area is 113 Å². The molecule has 1 unspecified atom stereocenters. The molecular weight excluding hydrogens is 251 g/mol. The molecule has 0 aromatic heterocycles. The molecule has 5 heteroatoms. The fourth-order valence-corrected chi connectivity index (χ4v) is 2.10. The maximum absolute atomic E-state index is 9.93. The maximum Gasteiger partial charge on any atom is 0.228 e. The molecule has 0 fully saturated rings. The van der Waals surface area contributed by atoms with Gasteiger partial charge in [0.2, 0.25) is 14.4 Å². The predicted molar refractivity (Wildman–Crippen MR) is 75.5 cm³/mol. The largest absolute Gasteiger partial charge is 0.346 e. The van der Waals surface area contributed by atoms with E-state index in [1.54, 1.807) is 0 Å². The first-order valence-electron chi connectivity index (χ1n) is 7.10. The van der Waals surface area contributed by atoms with Crippen LogP contribution in [0.15, 0.2) is 0 Å². The summed E-state index contributed by atoms with van der Waals surface area (Å²) in [6, 6.07) is -0.588. The Morgan fingerprint density at radius 1 is 0.833 bits per heavy atom. The van der Waals surface area contributed by atoms with Crippen molar-refractivity contribution >= 4 is 8.38 Å². The van der Waals surface area contributed by atoms with Gasteiger partial charge >= 0.3 is 0 Å². The zero-order chi connectivity index (χ0) is 13.6. The van der Waals surface area contributed by atoms with Gasteiger partial charge in [0.25, 0.3) is 0 Å². The van der Waals surface area contributed by atoms with Crippen LogP contribution in [-0.2, 0) is 14.0 Å². The third-order valence-corrected chi connectivity index (χ3v) is 3.52. The lowest BCUT2D eigenvalue weighted by Gasteiger charge is -2.22. The zero-order valence-electron chi connectivity index (χ0n) is 12.1. The number of hydrogen-bond donors (Lipinski definition) is 1. The molecule has 110 valence electrons. The monoisotopic (exact) mass is 280 g/mol. The molecule has 0 aliphatic rings. The second-order valence-electron chi connectivity index (χ2n) is 4.25. The molecule has 0 aromatic rings. The van der Waals surface area contributed by atoms with Gasteiger partial charge in [0.15, 0.2) is 0 Å². The Kier molecular flexibility index (Phi) is 13.9. The van der Waals surface area contributed by atoms with Crippen LogP contribution in [-0.4, -0.2) is 30.7 Å². The highest BCUT2D eigenvalue weighted by molar-refractivity contribution is 7.46. The van der Waals surface area contributed by atoms with E-state index in [2.05, 4.69) is 20.8 Å². The quantitative estimate of drug-likeness (QED) is 0.314. The van der Waals surface area contributed by atoms with Crippen molar-refractivity contribution in [3.05, 3.63) is 0 Å². The lowest BCUT2D eigenvalue weighted by Crippen LogP contribution is -2.18. The summed E-state index contributed by atoms with van der Waals surface area (Å²) < 4.78 is 16.5. The molecule has 18 heavy (non-hydrogen) atoms. The van der Waals surface area contributed by atoms with Crippen LogP contribution in [0.2, 0.25) is 0 Å². The zero-order valence-corrected chi connectivity index (χ0v) is 13.0. The van der Waals surface area contributed by atoms with E-state index in [9.17, 15) is 4.89 Å². The van der Waals surface area contributed by atoms with Crippen molar-refractivity contribution in [3.8, 4) is 0 Å². The maximum atomic E-state index is 9.93. The Balaban J connectivity index is 3.90. The molecule has 4 nitrogen and oxygen atoms in total. The molecule has 1 N–H and O–H groups in total. The topological polar surface area (TPSA) is 47.9 Å². The molecule has 0 bridgehead atoms. The summed E-state index contributed by atoms with van der Waals surface area (Å²) in [7, 11) is -1.63. The summed E-state index contributed by atoms with van der Waals surface area (Å²) in [5.74, 6) is 0. The first-order chi connectivity index (χ1) is 8.76. The van der Waals surface area contributed by atoms with E-state index in [0.717, 1.165) is 38.5 Å². The van der Waals surface area contributed by atoms with Crippen molar-refractivity contribution in [2.24, 2.45) is 0 Å². The fourth-order valence-electron chi connectivity index (χ4n) is 1.20. The first-order valence-corrected chi connectivity index (χ1v) is 8.38. The second-order valence-corrected chi connectivity index (χ2v) is 5.53. The summed E-state index contributed by atoms with van der Waals surface area (Å²) in [4.78, 5) is 9.93. The summed E-state index contributed by atoms with van der Waals surface area (Å²) in [6.07, 6.45) is 6.11. The van der Waals surface area contributed by atoms with E-state index >= 15 is 0 Å². The minimum Gasteiger partial charge on any atom is -0.346 e. The van der Waals surface area contributed by atoms with Gasteiger partial charge in [-0.05, 0) is 19.3 Å². The van der Waals surface area contributed by atoms with Crippen LogP contribution < -0.4 is 0 Å². The highest BCUT2D eigenvalue weighted by Gasteiger charge is 2.22. The van der Waals surface area contributed by atoms with Gasteiger partial charge in [0.1, 0.15) is 0 Å². The highest BCUT2D eigenvalue weighted by Crippen LogP contribution is 2.39. The smallest absolute Gasteiger partial charge is 0.228 e. The first kappa shape index (κ1) is 18.3. The van der Waals surface area contributed by atoms with Crippen LogP contribution in [0.3, 0.4) is 0 Å². The van der Waals surface area contributed by atoms with Crippen molar-refractivity contribution in [2.45, 2.75) is 65.3 Å². The molecule has 1 atom stereocenters. The minimum absolute atomic E-state index is 0.573. The average molecular weight is 280 g/mol. The molecule has 0 heterocycles. The molecular formula is C13H29O4P. The van der Waals surface area contributed by atoms with E-state index in [1.165, 1.54) is 0 Å². The third kappa shape index (κ3) is 10.2. The fraction of sp³-hybridized carbons (Fsp3) is 1.00. The summed E-state index contributed by atoms with van der Waals surface area (Å²) in [5.41, 5.74) is 0. The van der Waals surface area contributed by atoms with Crippen molar-refractivity contribution in [3.63, 3.8) is 0 Å². The summed E-state index contributed by atoms with van der Waals surface area (Å²) in [6.45, 7) is 8.11. The van der Waals surface area contributed by atoms with Gasteiger partial charge in [-0.1, -0.05) is 40.0 Å². The van der Waals surface area contributed by atoms with Crippen LogP contribution >= 0.6 is 8.38 Å². The van der Waals surface area contributed by atoms with Crippen LogP contribution in [0.1, 0.15) is 59.3 Å². The number of ether oxygens (including phenoxy) is 2. The van der Waals surface area contributed by atoms with Gasteiger partial charge in [0, 0.05) is 0 Å². The molecule has 0 aromatic carbocycles. The van der Waals surface area contributed by atoms with Crippen LogP contribution in [0.25, 0.3) is 0 Å². The van der Waals surface area contributed by atoms with Gasteiger partial charge in [-0.25, -0.2) is 0 Å². The minimum atomic E-state index is -1.63. The third-order valence-electron chi connectivity index (χ3n) is 2.42. The Morgan fingerprint density at radius 2 is 1.28 bits per heavy atom. The van der Waals surface area contributed by atoms with E-state index in [0.29, 0.717) is 19.8 Å². The summed E-state index contributed by atoms with van der Waals surface area (Å²) >= 11 is 0. The predicted octanol–water partition coefficient (Wildman–Crippen LogP) is 4.02. The van der Waals surface area contributed by atoms with Crippen molar-refractivity contribution in [1.29, 1.82) is 0 Å². The molecule has 0 spiro atoms. The molecule has 0 amide bonds. The van der Waals surface area contributed by atoms with Gasteiger partial charge in [-0.2, -0.15) is 0 Å². The summed E-state index contributed by atoms with van der Waals surface area (Å²) in [5, 5.41) is 0. The molecule has 0 aliphatic heterocycles. The van der Waals surface area contributed by atoms with Crippen LogP contribution in [0.5, 0.6) is 0 Å². The normalized spacial score (nSPS) is 13.2. The Morgan fingerprint density at radius 3 is 1.72 bits per heavy atom. The molecule has 0 saturated carbocycles. The number of unbranched alkanes of at least 4 members (excludes halogenated alkanes) is 3. The van der Waals surface area contributed by atoms with E-state index < -0.39 is 14.4 Å². The number of rotatable bonds is 13. The molecule has 0 radical (unpaired) electrons. The van der Waals surface area contributed by atoms with Crippen molar-refractivity contribution in [2.75, 3.05) is 19.8 Å². The van der Waals surface area contributed by atoms with Crippen LogP contribution in [0, 0.1) is 0 Å². The van der Waals surface area contributed by atoms with Crippen molar-refractivity contribution in [1.82, 2.24) is 0 Å². The average Bonchev–Trinajstić information content (AvgIpc) is 2.37. The van der Waals surface area contributed by atoms with Gasteiger partial charge in [-0.15, -0.1) is 0 Å². The molecule has 0 aliphatic carbocycles. The lowest BCUT2D eigenvalue weighted by molar-refractivity contribution is -0.0982. The van der Waals surface area contributed by atoms with Gasteiger partial charge in [0.05, 0.1) is 19.8 Å². The van der Waals surface area contributed by atoms with Gasteiger partial charge < -0.3 is 18.9 Å². The van der Waals surface area contributed by atoms with E-state index in [4.69, 9.17) is 14.0 Å². The SMILES string of the molecule is CCCCOC(OCCCC)P(O)OCCCC. The Bertz CT molecular complexity index is 159. The van der Waals surface area contributed by atoms with E-state index in [-0.39, 0.29) is 0 Å². The Hall–Kier alpha value is 0.270. The van der Waals surface area contributed by atoms with Gasteiger partial charge in [-0.3, -0.25) is 0 Å². The van der Waals surface area contributed by atoms with E-state index in [1.807, 2.05) is 0 Å². The number of hydrogen-bond acceptors (Lipinski definition) is 4. The van der Waals surface area contributed by atoms with Crippen molar-refractivity contribution < 1.29 is 18.9 Å². The van der Waals surface area contributed by atoms with Crippen LogP contribution in [0.4, 0.5) is 0 Å².